The molecule has 0 aliphatic heterocycles. The van der Waals surface area contributed by atoms with Crippen LogP contribution in [0.25, 0.3) is 0 Å². The summed E-state index contributed by atoms with van der Waals surface area (Å²) in [6, 6.07) is 0. The van der Waals surface area contributed by atoms with Gasteiger partial charge in [0.05, 0.1) is 0 Å². The normalized spacial score (nSPS) is 13.3. The molecule has 0 bridgehead atoms. The van der Waals surface area contributed by atoms with Crippen molar-refractivity contribution in [1.82, 2.24) is 0 Å². The van der Waals surface area contributed by atoms with E-state index >= 15 is 0 Å². The lowest BCUT2D eigenvalue weighted by Crippen LogP contribution is -2.53. The number of hydrogen-bond acceptors (Lipinski definition) is 3. The summed E-state index contributed by atoms with van der Waals surface area (Å²) in [7, 11) is -2.38. The van der Waals surface area contributed by atoms with Crippen molar-refractivity contribution in [1.29, 1.82) is 0 Å². The molecule has 110 valence electrons. The van der Waals surface area contributed by atoms with Crippen LogP contribution in [0.5, 0.6) is 0 Å². The van der Waals surface area contributed by atoms with Crippen LogP contribution in [-0.4, -0.2) is 25.4 Å². The van der Waals surface area contributed by atoms with Crippen molar-refractivity contribution in [2.75, 3.05) is 0 Å². The molecule has 5 heteroatoms. The summed E-state index contributed by atoms with van der Waals surface area (Å²) in [4.78, 5) is 22.3. The molecule has 0 aromatic heterocycles. The molecule has 19 heavy (non-hydrogen) atoms. The number of carboxylic acids is 1. The van der Waals surface area contributed by atoms with Crippen molar-refractivity contribution in [3.8, 4) is 0 Å². The van der Waals surface area contributed by atoms with Crippen LogP contribution in [0.2, 0.25) is 16.1 Å². The molecule has 0 radical (unpaired) electrons. The third kappa shape index (κ3) is 4.20. The van der Waals surface area contributed by atoms with Gasteiger partial charge in [-0.3, -0.25) is 0 Å². The zero-order valence-corrected chi connectivity index (χ0v) is 14.0. The molecular weight excluding hydrogens is 260 g/mol. The molecule has 0 amide bonds. The van der Waals surface area contributed by atoms with Crippen molar-refractivity contribution in [3.63, 3.8) is 0 Å². The Hall–Kier alpha value is -1.10. The molecule has 0 aliphatic rings. The van der Waals surface area contributed by atoms with E-state index in [0.29, 0.717) is 0 Å². The maximum atomic E-state index is 11.9. The fraction of sp³-hybridized carbons (Fsp3) is 0.714. The SMILES string of the molecule is CC(C)[Si](OC(=O)/C=C/C(=O)O)(C(C)C)C(C)(C)C. The van der Waals surface area contributed by atoms with E-state index in [1.165, 1.54) is 0 Å². The molecule has 0 fully saturated rings. The third-order valence-electron chi connectivity index (χ3n) is 3.52. The van der Waals surface area contributed by atoms with E-state index in [9.17, 15) is 9.59 Å². The average molecular weight is 286 g/mol. The molecule has 0 saturated heterocycles. The lowest BCUT2D eigenvalue weighted by atomic mass is 10.2. The summed E-state index contributed by atoms with van der Waals surface area (Å²) in [5.41, 5.74) is 0.518. The minimum Gasteiger partial charge on any atom is -0.515 e. The molecule has 0 aliphatic carbocycles. The van der Waals surface area contributed by atoms with Crippen LogP contribution in [-0.2, 0) is 14.0 Å². The summed E-state index contributed by atoms with van der Waals surface area (Å²) >= 11 is 0. The number of carbonyl (C=O) groups is 2. The second-order valence-electron chi connectivity index (χ2n) is 6.45. The highest BCUT2D eigenvalue weighted by molar-refractivity contribution is 6.80. The van der Waals surface area contributed by atoms with Crippen LogP contribution in [0.3, 0.4) is 0 Å². The Morgan fingerprint density at radius 3 is 1.74 bits per heavy atom. The van der Waals surface area contributed by atoms with Crippen molar-refractivity contribution < 1.29 is 19.1 Å². The number of carboxylic acid groups (broad SMARTS) is 1. The molecule has 0 atom stereocenters. The highest BCUT2D eigenvalue weighted by Gasteiger charge is 2.54. The van der Waals surface area contributed by atoms with E-state index in [2.05, 4.69) is 48.5 Å². The Balaban J connectivity index is 5.40. The van der Waals surface area contributed by atoms with E-state index in [0.717, 1.165) is 12.2 Å². The van der Waals surface area contributed by atoms with Crippen LogP contribution in [0.1, 0.15) is 48.5 Å². The predicted molar refractivity (Wildman–Crippen MR) is 78.5 cm³/mol. The second-order valence-corrected chi connectivity index (χ2v) is 12.0. The monoisotopic (exact) mass is 286 g/mol. The molecule has 0 unspecified atom stereocenters. The molecule has 0 heterocycles. The van der Waals surface area contributed by atoms with E-state index in [1.807, 2.05) is 0 Å². The van der Waals surface area contributed by atoms with E-state index in [1.54, 1.807) is 0 Å². The molecule has 0 rings (SSSR count). The zero-order valence-electron chi connectivity index (χ0n) is 13.0. The van der Waals surface area contributed by atoms with Gasteiger partial charge in [-0.2, -0.15) is 0 Å². The molecule has 0 spiro atoms. The Labute approximate surface area is 117 Å². The Kier molecular flexibility index (Phi) is 6.00. The van der Waals surface area contributed by atoms with Gasteiger partial charge in [0.2, 0.25) is 0 Å². The van der Waals surface area contributed by atoms with Gasteiger partial charge in [-0.1, -0.05) is 48.5 Å². The second kappa shape index (κ2) is 6.37. The van der Waals surface area contributed by atoms with Crippen LogP contribution in [0, 0.1) is 0 Å². The quantitative estimate of drug-likeness (QED) is 0.617. The summed E-state index contributed by atoms with van der Waals surface area (Å²) in [5, 5.41) is 8.45. The summed E-state index contributed by atoms with van der Waals surface area (Å²) in [6.45, 7) is 14.6. The van der Waals surface area contributed by atoms with Crippen molar-refractivity contribution in [3.05, 3.63) is 12.2 Å². The van der Waals surface area contributed by atoms with E-state index in [4.69, 9.17) is 9.53 Å². The maximum absolute atomic E-state index is 11.9. The van der Waals surface area contributed by atoms with E-state index < -0.39 is 20.3 Å². The van der Waals surface area contributed by atoms with Crippen LogP contribution in [0.15, 0.2) is 12.2 Å². The van der Waals surface area contributed by atoms with Gasteiger partial charge in [-0.25, -0.2) is 9.59 Å². The zero-order chi connectivity index (χ0) is 15.4. The van der Waals surface area contributed by atoms with Crippen molar-refractivity contribution >= 4 is 20.3 Å². The van der Waals surface area contributed by atoms with Crippen LogP contribution >= 0.6 is 0 Å². The van der Waals surface area contributed by atoms with Gasteiger partial charge in [0.1, 0.15) is 0 Å². The molecular formula is C14H26O4Si. The highest BCUT2D eigenvalue weighted by Crippen LogP contribution is 2.50. The first-order chi connectivity index (χ1) is 8.45. The highest BCUT2D eigenvalue weighted by atomic mass is 28.4. The van der Waals surface area contributed by atoms with Gasteiger partial charge in [-0.15, -0.1) is 0 Å². The number of hydrogen-bond donors (Lipinski definition) is 1. The Bertz CT molecular complexity index is 356. The lowest BCUT2D eigenvalue weighted by molar-refractivity contribution is -0.133. The summed E-state index contributed by atoms with van der Waals surface area (Å²) in [6.07, 6.45) is 1.82. The van der Waals surface area contributed by atoms with Gasteiger partial charge >= 0.3 is 11.9 Å². The van der Waals surface area contributed by atoms with Gasteiger partial charge < -0.3 is 9.53 Å². The van der Waals surface area contributed by atoms with Gasteiger partial charge in [0.25, 0.3) is 8.32 Å². The third-order valence-corrected chi connectivity index (χ3v) is 9.83. The van der Waals surface area contributed by atoms with Crippen LogP contribution in [0.4, 0.5) is 0 Å². The topological polar surface area (TPSA) is 63.6 Å². The van der Waals surface area contributed by atoms with Crippen molar-refractivity contribution in [2.24, 2.45) is 0 Å². The minimum absolute atomic E-state index is 0.109. The smallest absolute Gasteiger partial charge is 0.328 e. The number of carbonyl (C=O) groups excluding carboxylic acids is 1. The first kappa shape index (κ1) is 17.9. The Morgan fingerprint density at radius 2 is 1.47 bits per heavy atom. The van der Waals surface area contributed by atoms with E-state index in [-0.39, 0.29) is 16.1 Å². The first-order valence-electron chi connectivity index (χ1n) is 6.59. The minimum atomic E-state index is -2.38. The fourth-order valence-electron chi connectivity index (χ4n) is 3.13. The summed E-state index contributed by atoms with van der Waals surface area (Å²) in [5.74, 6) is -1.69. The van der Waals surface area contributed by atoms with Crippen LogP contribution < -0.4 is 0 Å². The molecule has 0 aromatic rings. The summed E-state index contributed by atoms with van der Waals surface area (Å²) < 4.78 is 5.83. The van der Waals surface area contributed by atoms with Crippen molar-refractivity contribution in [2.45, 2.75) is 64.6 Å². The van der Waals surface area contributed by atoms with Gasteiger partial charge in [0.15, 0.2) is 0 Å². The molecule has 0 saturated carbocycles. The molecule has 0 aromatic carbocycles. The fourth-order valence-corrected chi connectivity index (χ4v) is 9.10. The molecule has 1 N–H and O–H groups in total. The largest absolute Gasteiger partial charge is 0.515 e. The van der Waals surface area contributed by atoms with Gasteiger partial charge in [-0.05, 0) is 16.1 Å². The van der Waals surface area contributed by atoms with Gasteiger partial charge in [0, 0.05) is 12.2 Å². The lowest BCUT2D eigenvalue weighted by Gasteiger charge is -2.47. The Morgan fingerprint density at radius 1 is 1.05 bits per heavy atom. The number of aliphatic carboxylic acids is 1. The average Bonchev–Trinajstić information content (AvgIpc) is 2.19. The first-order valence-corrected chi connectivity index (χ1v) is 8.65. The maximum Gasteiger partial charge on any atom is 0.328 e. The number of rotatable bonds is 5. The standard InChI is InChI=1S/C14H26O4Si/c1-10(2)19(11(3)4,14(5,6)7)18-13(17)9-8-12(15)16/h8-11H,1-7H3,(H,15,16)/b9-8+. The molecule has 4 nitrogen and oxygen atoms in total. The predicted octanol–water partition coefficient (Wildman–Crippen LogP) is 3.74.